The molecular formula is C13H19BrN4O. The molecule has 5 nitrogen and oxygen atoms in total. The van der Waals surface area contributed by atoms with Gasteiger partial charge in [0.2, 0.25) is 0 Å². The van der Waals surface area contributed by atoms with E-state index < -0.39 is 6.10 Å². The Labute approximate surface area is 121 Å². The van der Waals surface area contributed by atoms with Crippen LogP contribution in [-0.2, 0) is 20.0 Å². The van der Waals surface area contributed by atoms with E-state index in [4.69, 9.17) is 0 Å². The quantitative estimate of drug-likeness (QED) is 0.918. The third kappa shape index (κ3) is 2.74. The fourth-order valence-corrected chi connectivity index (χ4v) is 2.75. The molecule has 0 aliphatic carbocycles. The van der Waals surface area contributed by atoms with E-state index in [0.717, 1.165) is 40.8 Å². The van der Waals surface area contributed by atoms with Crippen LogP contribution in [0.15, 0.2) is 16.9 Å². The zero-order valence-electron chi connectivity index (χ0n) is 11.5. The van der Waals surface area contributed by atoms with Gasteiger partial charge in [-0.15, -0.1) is 0 Å². The molecule has 1 unspecified atom stereocenters. The van der Waals surface area contributed by atoms with E-state index in [-0.39, 0.29) is 0 Å². The average molecular weight is 327 g/mol. The molecule has 0 aliphatic heterocycles. The van der Waals surface area contributed by atoms with Crippen molar-refractivity contribution in [3.05, 3.63) is 33.8 Å². The minimum Gasteiger partial charge on any atom is -0.382 e. The van der Waals surface area contributed by atoms with Crippen molar-refractivity contribution in [2.45, 2.75) is 39.3 Å². The summed E-state index contributed by atoms with van der Waals surface area (Å²) in [6.07, 6.45) is 4.68. The second kappa shape index (κ2) is 5.88. The molecule has 1 N–H and O–H groups in total. The van der Waals surface area contributed by atoms with Crippen molar-refractivity contribution < 1.29 is 5.11 Å². The highest BCUT2D eigenvalue weighted by Gasteiger charge is 2.23. The zero-order valence-corrected chi connectivity index (χ0v) is 13.1. The summed E-state index contributed by atoms with van der Waals surface area (Å²) in [5.74, 6) is 0. The molecule has 0 spiro atoms. The molecule has 0 aromatic carbocycles. The first-order chi connectivity index (χ1) is 9.08. The van der Waals surface area contributed by atoms with E-state index in [1.165, 1.54) is 0 Å². The topological polar surface area (TPSA) is 55.9 Å². The highest BCUT2D eigenvalue weighted by atomic mass is 79.9. The van der Waals surface area contributed by atoms with Crippen LogP contribution >= 0.6 is 15.9 Å². The van der Waals surface area contributed by atoms with Gasteiger partial charge in [0.15, 0.2) is 0 Å². The van der Waals surface area contributed by atoms with Crippen molar-refractivity contribution in [1.29, 1.82) is 0 Å². The Kier molecular flexibility index (Phi) is 4.42. The molecular weight excluding hydrogens is 308 g/mol. The average Bonchev–Trinajstić information content (AvgIpc) is 2.93. The Bertz CT molecular complexity index is 561. The number of aromatic nitrogens is 4. The van der Waals surface area contributed by atoms with E-state index >= 15 is 0 Å². The Balaban J connectivity index is 2.43. The number of nitrogens with zero attached hydrogens (tertiary/aromatic N) is 4. The molecule has 0 bridgehead atoms. The van der Waals surface area contributed by atoms with Crippen molar-refractivity contribution >= 4 is 15.9 Å². The summed E-state index contributed by atoms with van der Waals surface area (Å²) in [4.78, 5) is 0. The van der Waals surface area contributed by atoms with E-state index in [2.05, 4.69) is 33.1 Å². The molecule has 2 aromatic heterocycles. The van der Waals surface area contributed by atoms with Gasteiger partial charge < -0.3 is 5.11 Å². The third-order valence-electron chi connectivity index (χ3n) is 3.09. The molecule has 2 rings (SSSR count). The summed E-state index contributed by atoms with van der Waals surface area (Å²) >= 11 is 3.47. The lowest BCUT2D eigenvalue weighted by Crippen LogP contribution is -2.11. The highest BCUT2D eigenvalue weighted by Crippen LogP contribution is 2.30. The fraction of sp³-hybridized carbons (Fsp3) is 0.538. The van der Waals surface area contributed by atoms with Crippen LogP contribution < -0.4 is 0 Å². The third-order valence-corrected chi connectivity index (χ3v) is 3.71. The predicted molar refractivity (Wildman–Crippen MR) is 76.9 cm³/mol. The van der Waals surface area contributed by atoms with Crippen LogP contribution in [0.4, 0.5) is 0 Å². The van der Waals surface area contributed by atoms with E-state index in [1.807, 2.05) is 24.9 Å². The van der Waals surface area contributed by atoms with Gasteiger partial charge in [0.05, 0.1) is 22.1 Å². The Morgan fingerprint density at radius 1 is 1.42 bits per heavy atom. The number of hydrogen-bond acceptors (Lipinski definition) is 3. The monoisotopic (exact) mass is 326 g/mol. The molecule has 0 saturated carbocycles. The van der Waals surface area contributed by atoms with E-state index in [0.29, 0.717) is 0 Å². The Morgan fingerprint density at radius 2 is 2.16 bits per heavy atom. The van der Waals surface area contributed by atoms with Crippen molar-refractivity contribution in [3.8, 4) is 0 Å². The standard InChI is InChI=1S/C13H19BrN4O/c1-4-6-18-12(10(14)7-15-18)13(19)9-8-17(3)16-11(9)5-2/h7-8,13,19H,4-6H2,1-3H3. The molecule has 0 radical (unpaired) electrons. The van der Waals surface area contributed by atoms with Crippen LogP contribution in [-0.4, -0.2) is 24.7 Å². The van der Waals surface area contributed by atoms with Gasteiger partial charge >= 0.3 is 0 Å². The lowest BCUT2D eigenvalue weighted by atomic mass is 10.1. The molecule has 19 heavy (non-hydrogen) atoms. The maximum atomic E-state index is 10.7. The number of halogens is 1. The number of aryl methyl sites for hydroxylation is 3. The summed E-state index contributed by atoms with van der Waals surface area (Å²) in [5, 5.41) is 19.3. The lowest BCUT2D eigenvalue weighted by molar-refractivity contribution is 0.205. The van der Waals surface area contributed by atoms with Crippen molar-refractivity contribution in [1.82, 2.24) is 19.6 Å². The van der Waals surface area contributed by atoms with Crippen LogP contribution in [0.5, 0.6) is 0 Å². The van der Waals surface area contributed by atoms with Gasteiger partial charge in [-0.2, -0.15) is 10.2 Å². The van der Waals surface area contributed by atoms with Crippen molar-refractivity contribution in [2.24, 2.45) is 7.05 Å². The first-order valence-electron chi connectivity index (χ1n) is 6.50. The Morgan fingerprint density at radius 3 is 2.79 bits per heavy atom. The van der Waals surface area contributed by atoms with Gasteiger partial charge in [0.25, 0.3) is 0 Å². The smallest absolute Gasteiger partial charge is 0.125 e. The van der Waals surface area contributed by atoms with Crippen LogP contribution in [0.3, 0.4) is 0 Å². The number of aliphatic hydroxyl groups is 1. The van der Waals surface area contributed by atoms with E-state index in [1.54, 1.807) is 10.9 Å². The molecule has 104 valence electrons. The largest absolute Gasteiger partial charge is 0.382 e. The number of hydrogen-bond donors (Lipinski definition) is 1. The first kappa shape index (κ1) is 14.3. The van der Waals surface area contributed by atoms with Gasteiger partial charge in [-0.1, -0.05) is 13.8 Å². The fourth-order valence-electron chi connectivity index (χ4n) is 2.24. The minimum atomic E-state index is -0.702. The summed E-state index contributed by atoms with van der Waals surface area (Å²) < 4.78 is 4.42. The zero-order chi connectivity index (χ0) is 14.0. The summed E-state index contributed by atoms with van der Waals surface area (Å²) in [6, 6.07) is 0. The van der Waals surface area contributed by atoms with Gasteiger partial charge in [-0.05, 0) is 28.8 Å². The molecule has 2 aromatic rings. The lowest BCUT2D eigenvalue weighted by Gasteiger charge is -2.13. The number of rotatable bonds is 5. The SMILES string of the molecule is CCCn1ncc(Br)c1C(O)c1cn(C)nc1CC. The van der Waals surface area contributed by atoms with Gasteiger partial charge in [-0.3, -0.25) is 9.36 Å². The normalized spacial score (nSPS) is 12.9. The summed E-state index contributed by atoms with van der Waals surface area (Å²) in [7, 11) is 1.87. The maximum Gasteiger partial charge on any atom is 0.125 e. The predicted octanol–water partition coefficient (Wildman–Crippen LogP) is 2.43. The summed E-state index contributed by atoms with van der Waals surface area (Å²) in [6.45, 7) is 4.92. The molecule has 0 amide bonds. The molecule has 2 heterocycles. The van der Waals surface area contributed by atoms with Gasteiger partial charge in [-0.25, -0.2) is 0 Å². The highest BCUT2D eigenvalue weighted by molar-refractivity contribution is 9.10. The van der Waals surface area contributed by atoms with Gasteiger partial charge in [0.1, 0.15) is 6.10 Å². The van der Waals surface area contributed by atoms with E-state index in [9.17, 15) is 5.11 Å². The molecule has 0 fully saturated rings. The van der Waals surface area contributed by atoms with Crippen LogP contribution in [0, 0.1) is 0 Å². The van der Waals surface area contributed by atoms with Crippen LogP contribution in [0.1, 0.15) is 43.3 Å². The molecule has 0 aliphatic rings. The van der Waals surface area contributed by atoms with Crippen LogP contribution in [0.25, 0.3) is 0 Å². The first-order valence-corrected chi connectivity index (χ1v) is 7.29. The second-order valence-corrected chi connectivity index (χ2v) is 5.42. The van der Waals surface area contributed by atoms with Crippen LogP contribution in [0.2, 0.25) is 0 Å². The second-order valence-electron chi connectivity index (χ2n) is 4.56. The molecule has 1 atom stereocenters. The molecule has 6 heteroatoms. The maximum absolute atomic E-state index is 10.7. The van der Waals surface area contributed by atoms with Crippen molar-refractivity contribution in [2.75, 3.05) is 0 Å². The summed E-state index contributed by atoms with van der Waals surface area (Å²) in [5.41, 5.74) is 2.57. The Hall–Kier alpha value is -1.14. The molecule has 0 saturated heterocycles. The van der Waals surface area contributed by atoms with Crippen molar-refractivity contribution in [3.63, 3.8) is 0 Å². The van der Waals surface area contributed by atoms with Gasteiger partial charge in [0, 0.05) is 25.4 Å². The minimum absolute atomic E-state index is 0.702. The number of aliphatic hydroxyl groups excluding tert-OH is 1.